The monoisotopic (exact) mass is 369 g/mol. The molecule has 0 spiro atoms. The molecule has 0 radical (unpaired) electrons. The lowest BCUT2D eigenvalue weighted by Crippen LogP contribution is -2.37. The van der Waals surface area contributed by atoms with Crippen molar-refractivity contribution in [3.8, 4) is 0 Å². The Balaban J connectivity index is 1.64. The Morgan fingerprint density at radius 1 is 1.07 bits per heavy atom. The van der Waals surface area contributed by atoms with Crippen molar-refractivity contribution in [2.24, 2.45) is 0 Å². The lowest BCUT2D eigenvalue weighted by Gasteiger charge is -2.22. The molecule has 2 aromatic carbocycles. The molecule has 0 bridgehead atoms. The third-order valence-corrected chi connectivity index (χ3v) is 4.69. The van der Waals surface area contributed by atoms with Crippen molar-refractivity contribution in [1.82, 2.24) is 15.3 Å². The van der Waals surface area contributed by atoms with Crippen LogP contribution in [-0.4, -0.2) is 43.3 Å². The number of nitrogens with zero attached hydrogens (tertiary/aromatic N) is 2. The maximum Gasteiger partial charge on any atom is 0.123 e. The second kappa shape index (κ2) is 9.65. The van der Waals surface area contributed by atoms with Gasteiger partial charge in [0.1, 0.15) is 5.82 Å². The van der Waals surface area contributed by atoms with Crippen molar-refractivity contribution in [3.05, 3.63) is 83.3 Å². The van der Waals surface area contributed by atoms with Gasteiger partial charge in [-0.25, -0.2) is 9.82 Å². The summed E-state index contributed by atoms with van der Waals surface area (Å²) in [6, 6.07) is 17.5. The van der Waals surface area contributed by atoms with Crippen molar-refractivity contribution in [1.29, 1.82) is 0 Å². The third kappa shape index (κ3) is 5.89. The Morgan fingerprint density at radius 2 is 1.85 bits per heavy atom. The summed E-state index contributed by atoms with van der Waals surface area (Å²) in [6.07, 6.45) is 3.12. The second-order valence-corrected chi connectivity index (χ2v) is 7.08. The zero-order valence-corrected chi connectivity index (χ0v) is 16.1. The number of methoxy groups -OCH3 is 1. The average molecular weight is 369 g/mol. The van der Waals surface area contributed by atoms with Crippen LogP contribution in [-0.2, 0) is 17.8 Å². The number of rotatable bonds is 9. The zero-order chi connectivity index (χ0) is 19.1. The quantitative estimate of drug-likeness (QED) is 0.731. The molecule has 1 aliphatic rings. The smallest absolute Gasteiger partial charge is 0.123 e. The van der Waals surface area contributed by atoms with E-state index in [9.17, 15) is 4.39 Å². The van der Waals surface area contributed by atoms with Crippen molar-refractivity contribution >= 4 is 0 Å². The molecule has 1 N–H and O–H groups in total. The van der Waals surface area contributed by atoms with E-state index >= 15 is 0 Å². The van der Waals surface area contributed by atoms with Gasteiger partial charge in [0.2, 0.25) is 0 Å². The van der Waals surface area contributed by atoms with E-state index in [1.165, 1.54) is 17.2 Å². The summed E-state index contributed by atoms with van der Waals surface area (Å²) in [5.41, 5.74) is 7.15. The summed E-state index contributed by atoms with van der Waals surface area (Å²) in [4.78, 5) is 2.22. The van der Waals surface area contributed by atoms with E-state index in [-0.39, 0.29) is 11.9 Å². The summed E-state index contributed by atoms with van der Waals surface area (Å²) in [5, 5.41) is 2.15. The van der Waals surface area contributed by atoms with E-state index in [1.54, 1.807) is 19.2 Å². The summed E-state index contributed by atoms with van der Waals surface area (Å²) in [6.45, 7) is 3.07. The summed E-state index contributed by atoms with van der Waals surface area (Å²) < 4.78 is 18.7. The number of hydrogen-bond donors (Lipinski definition) is 1. The molecule has 0 fully saturated rings. The van der Waals surface area contributed by atoms with E-state index in [2.05, 4.69) is 52.8 Å². The minimum Gasteiger partial charge on any atom is -0.385 e. The minimum absolute atomic E-state index is 0.186. The molecule has 5 heteroatoms. The Hall–Kier alpha value is -2.21. The van der Waals surface area contributed by atoms with E-state index in [1.807, 2.05) is 12.1 Å². The molecular formula is C22H28FN3O. The molecule has 1 atom stereocenters. The highest BCUT2D eigenvalue weighted by Gasteiger charge is 2.24. The first-order chi connectivity index (χ1) is 13.1. The number of benzene rings is 2. The lowest BCUT2D eigenvalue weighted by atomic mass is 10.1. The largest absolute Gasteiger partial charge is 0.385 e. The molecule has 27 heavy (non-hydrogen) atoms. The molecular weight excluding hydrogens is 341 g/mol. The predicted molar refractivity (Wildman–Crippen MR) is 106 cm³/mol. The van der Waals surface area contributed by atoms with Crippen molar-refractivity contribution in [3.63, 3.8) is 0 Å². The maximum absolute atomic E-state index is 13.4. The van der Waals surface area contributed by atoms with Gasteiger partial charge in [0.05, 0.1) is 12.6 Å². The molecule has 0 saturated heterocycles. The van der Waals surface area contributed by atoms with Gasteiger partial charge in [-0.05, 0) is 42.3 Å². The van der Waals surface area contributed by atoms with Crippen LogP contribution in [0.5, 0.6) is 0 Å². The number of nitrogens with one attached hydrogen (secondary N) is 1. The number of hydrazine groups is 1. The zero-order valence-electron chi connectivity index (χ0n) is 16.1. The third-order valence-electron chi connectivity index (χ3n) is 4.69. The van der Waals surface area contributed by atoms with Crippen LogP contribution in [0.4, 0.5) is 4.39 Å². The molecule has 2 aromatic rings. The van der Waals surface area contributed by atoms with Crippen LogP contribution >= 0.6 is 0 Å². The fourth-order valence-electron chi connectivity index (χ4n) is 3.43. The van der Waals surface area contributed by atoms with Gasteiger partial charge in [-0.15, -0.1) is 0 Å². The van der Waals surface area contributed by atoms with Crippen LogP contribution in [0.2, 0.25) is 0 Å². The van der Waals surface area contributed by atoms with Gasteiger partial charge < -0.3 is 9.75 Å². The maximum atomic E-state index is 13.4. The first kappa shape index (κ1) is 19.5. The van der Waals surface area contributed by atoms with E-state index < -0.39 is 0 Å². The van der Waals surface area contributed by atoms with Gasteiger partial charge in [-0.1, -0.05) is 42.5 Å². The van der Waals surface area contributed by atoms with Gasteiger partial charge >= 0.3 is 0 Å². The molecule has 0 amide bonds. The number of likely N-dealkylation sites (N-methyl/N-ethyl adjacent to an activating group) is 1. The number of hydrogen-bond acceptors (Lipinski definition) is 4. The molecule has 4 nitrogen and oxygen atoms in total. The second-order valence-electron chi connectivity index (χ2n) is 7.08. The van der Waals surface area contributed by atoms with E-state index in [4.69, 9.17) is 4.74 Å². The Kier molecular flexibility index (Phi) is 6.98. The van der Waals surface area contributed by atoms with Crippen LogP contribution in [0.3, 0.4) is 0 Å². The SMILES string of the molecule is COCCC1NN(Cc2ccccc2)C=C1CN(C)Cc1cccc(F)c1. The fourth-order valence-corrected chi connectivity index (χ4v) is 3.43. The number of ether oxygens (including phenoxy) is 1. The molecule has 3 rings (SSSR count). The first-order valence-electron chi connectivity index (χ1n) is 9.33. The van der Waals surface area contributed by atoms with Crippen molar-refractivity contribution in [2.45, 2.75) is 25.6 Å². The van der Waals surface area contributed by atoms with Crippen LogP contribution in [0.25, 0.3) is 0 Å². The molecule has 1 unspecified atom stereocenters. The van der Waals surface area contributed by atoms with Crippen LogP contribution in [0.1, 0.15) is 17.5 Å². The molecule has 0 saturated carbocycles. The first-order valence-corrected chi connectivity index (χ1v) is 9.33. The standard InChI is InChI=1S/C22H28FN3O/c1-25(14-19-9-6-10-21(23)13-19)16-20-17-26(24-22(20)11-12-27-2)15-18-7-4-3-5-8-18/h3-10,13,17,22,24H,11-12,14-16H2,1-2H3. The highest BCUT2D eigenvalue weighted by atomic mass is 19.1. The summed E-state index contributed by atoms with van der Waals surface area (Å²) in [5.74, 6) is -0.186. The highest BCUT2D eigenvalue weighted by Crippen LogP contribution is 2.19. The van der Waals surface area contributed by atoms with Crippen LogP contribution < -0.4 is 5.43 Å². The fraction of sp³-hybridized carbons (Fsp3) is 0.364. The Morgan fingerprint density at radius 3 is 2.59 bits per heavy atom. The molecule has 144 valence electrons. The Bertz CT molecular complexity index is 750. The normalized spacial score (nSPS) is 16.8. The van der Waals surface area contributed by atoms with Crippen LogP contribution in [0.15, 0.2) is 66.4 Å². The molecule has 1 aliphatic heterocycles. The van der Waals surface area contributed by atoms with Crippen LogP contribution in [0, 0.1) is 5.82 Å². The van der Waals surface area contributed by atoms with Crippen molar-refractivity contribution in [2.75, 3.05) is 27.3 Å². The van der Waals surface area contributed by atoms with Gasteiger partial charge in [0.15, 0.2) is 0 Å². The topological polar surface area (TPSA) is 27.7 Å². The molecule has 1 heterocycles. The minimum atomic E-state index is -0.186. The highest BCUT2D eigenvalue weighted by molar-refractivity contribution is 5.21. The van der Waals surface area contributed by atoms with E-state index in [0.717, 1.165) is 25.1 Å². The van der Waals surface area contributed by atoms with E-state index in [0.29, 0.717) is 13.2 Å². The molecule has 0 aromatic heterocycles. The number of halogens is 1. The lowest BCUT2D eigenvalue weighted by molar-refractivity contribution is 0.172. The summed E-state index contributed by atoms with van der Waals surface area (Å²) in [7, 11) is 3.80. The Labute approximate surface area is 161 Å². The predicted octanol–water partition coefficient (Wildman–Crippen LogP) is 3.57. The molecule has 0 aliphatic carbocycles. The summed E-state index contributed by atoms with van der Waals surface area (Å²) >= 11 is 0. The van der Waals surface area contributed by atoms with Gasteiger partial charge in [0, 0.05) is 33.0 Å². The van der Waals surface area contributed by atoms with Gasteiger partial charge in [-0.3, -0.25) is 4.90 Å². The van der Waals surface area contributed by atoms with Gasteiger partial charge in [0.25, 0.3) is 0 Å². The van der Waals surface area contributed by atoms with Crippen molar-refractivity contribution < 1.29 is 9.13 Å². The average Bonchev–Trinajstić information content (AvgIpc) is 3.01. The van der Waals surface area contributed by atoms with Gasteiger partial charge in [-0.2, -0.15) is 0 Å².